The minimum absolute atomic E-state index is 0.0378. The molecule has 0 spiro atoms. The predicted molar refractivity (Wildman–Crippen MR) is 50.7 cm³/mol. The molecule has 0 aromatic heterocycles. The zero-order valence-corrected chi connectivity index (χ0v) is 8.61. The van der Waals surface area contributed by atoms with Gasteiger partial charge in [-0.1, -0.05) is 5.75 Å². The van der Waals surface area contributed by atoms with Crippen LogP contribution in [0.5, 0.6) is 23.0 Å². The van der Waals surface area contributed by atoms with Crippen molar-refractivity contribution in [3.05, 3.63) is 5.56 Å². The van der Waals surface area contributed by atoms with Crippen molar-refractivity contribution in [2.24, 2.45) is 0 Å². The third kappa shape index (κ3) is 1.59. The highest BCUT2D eigenvalue weighted by Gasteiger charge is 2.19. The number of benzene rings is 1. The van der Waals surface area contributed by atoms with Crippen LogP contribution in [0.15, 0.2) is 0 Å². The Labute approximate surface area is 86.5 Å². The van der Waals surface area contributed by atoms with Gasteiger partial charge in [-0.05, 0) is 12.5 Å². The fourth-order valence-corrected chi connectivity index (χ4v) is 1.37. The van der Waals surface area contributed by atoms with E-state index in [2.05, 4.69) is 4.74 Å². The van der Waals surface area contributed by atoms with Gasteiger partial charge >= 0.3 is 0 Å². The number of phenolic OH excluding ortho intramolecular Hbond substituents is 2. The number of phenols is 2. The van der Waals surface area contributed by atoms with Crippen molar-refractivity contribution in [1.29, 1.82) is 0 Å². The van der Waals surface area contributed by atoms with Crippen LogP contribution in [0.1, 0.15) is 5.56 Å². The molecule has 0 unspecified atom stereocenters. The van der Waals surface area contributed by atoms with Gasteiger partial charge in [-0.15, -0.1) is 0 Å². The highest BCUT2D eigenvalue weighted by atomic mass is 16.5. The second-order valence-electron chi connectivity index (χ2n) is 3.06. The van der Waals surface area contributed by atoms with Crippen LogP contribution in [0.3, 0.4) is 0 Å². The smallest absolute Gasteiger partial charge is 0.204 e. The summed E-state index contributed by atoms with van der Waals surface area (Å²) in [5, 5.41) is 40.2. The number of hydroxylamine groups is 1. The van der Waals surface area contributed by atoms with E-state index in [1.165, 1.54) is 21.1 Å². The number of hydrogen-bond donors (Lipinski definition) is 3. The minimum Gasteiger partial charge on any atom is -0.870 e. The van der Waals surface area contributed by atoms with Crippen molar-refractivity contribution in [2.45, 2.75) is 6.92 Å². The molecular formula is C9H12NO5-. The van der Waals surface area contributed by atoms with Crippen LogP contribution in [0, 0.1) is 6.92 Å². The van der Waals surface area contributed by atoms with Crippen molar-refractivity contribution < 1.29 is 25.3 Å². The van der Waals surface area contributed by atoms with Crippen LogP contribution in [-0.4, -0.2) is 29.6 Å². The van der Waals surface area contributed by atoms with Gasteiger partial charge in [-0.25, -0.2) is 0 Å². The second-order valence-corrected chi connectivity index (χ2v) is 3.06. The first-order chi connectivity index (χ1) is 6.91. The molecule has 0 heterocycles. The number of anilines is 1. The number of nitrogens with zero attached hydrogens (tertiary/aromatic N) is 1. The summed E-state index contributed by atoms with van der Waals surface area (Å²) in [5.74, 6) is -2.18. The number of rotatable bonds is 2. The maximum atomic E-state index is 11.4. The molecule has 0 bridgehead atoms. The van der Waals surface area contributed by atoms with E-state index in [-0.39, 0.29) is 17.0 Å². The number of methoxy groups -OCH3 is 1. The average Bonchev–Trinajstić information content (AvgIpc) is 2.15. The molecule has 6 heteroatoms. The highest BCUT2D eigenvalue weighted by Crippen LogP contribution is 2.49. The third-order valence-electron chi connectivity index (χ3n) is 2.09. The van der Waals surface area contributed by atoms with Gasteiger partial charge in [0.1, 0.15) is 5.69 Å². The fourth-order valence-electron chi connectivity index (χ4n) is 1.37. The summed E-state index contributed by atoms with van der Waals surface area (Å²) in [7, 11) is 2.45. The molecule has 0 aliphatic carbocycles. The lowest BCUT2D eigenvalue weighted by atomic mass is 10.1. The molecule has 0 radical (unpaired) electrons. The maximum Gasteiger partial charge on any atom is 0.204 e. The van der Waals surface area contributed by atoms with Crippen LogP contribution >= 0.6 is 0 Å². The molecule has 0 fully saturated rings. The lowest BCUT2D eigenvalue weighted by molar-refractivity contribution is -0.271. The Morgan fingerprint density at radius 1 is 1.27 bits per heavy atom. The normalized spacial score (nSPS) is 10.1. The first-order valence-corrected chi connectivity index (χ1v) is 4.13. The first kappa shape index (κ1) is 11.3. The van der Waals surface area contributed by atoms with E-state index in [9.17, 15) is 20.5 Å². The summed E-state index contributed by atoms with van der Waals surface area (Å²) in [6.07, 6.45) is 0. The van der Waals surface area contributed by atoms with E-state index in [0.717, 1.165) is 0 Å². The summed E-state index contributed by atoms with van der Waals surface area (Å²) in [6, 6.07) is 0. The molecule has 0 aliphatic heterocycles. The van der Waals surface area contributed by atoms with E-state index < -0.39 is 17.2 Å². The number of ether oxygens (including phenoxy) is 1. The third-order valence-corrected chi connectivity index (χ3v) is 2.09. The van der Waals surface area contributed by atoms with Gasteiger partial charge in [0.05, 0.1) is 7.11 Å². The Morgan fingerprint density at radius 3 is 2.20 bits per heavy atom. The molecular weight excluding hydrogens is 202 g/mol. The molecule has 0 saturated carbocycles. The number of hydrogen-bond acceptors (Lipinski definition) is 6. The monoisotopic (exact) mass is 214 g/mol. The van der Waals surface area contributed by atoms with Gasteiger partial charge in [0.15, 0.2) is 11.5 Å². The Morgan fingerprint density at radius 2 is 1.80 bits per heavy atom. The molecule has 6 nitrogen and oxygen atoms in total. The van der Waals surface area contributed by atoms with Gasteiger partial charge in [0.2, 0.25) is 5.75 Å². The van der Waals surface area contributed by atoms with E-state index in [4.69, 9.17) is 0 Å². The van der Waals surface area contributed by atoms with Crippen LogP contribution in [-0.2, 0) is 0 Å². The van der Waals surface area contributed by atoms with Crippen molar-refractivity contribution in [3.63, 3.8) is 0 Å². The van der Waals surface area contributed by atoms with Crippen molar-refractivity contribution in [3.8, 4) is 23.0 Å². The van der Waals surface area contributed by atoms with Gasteiger partial charge in [-0.3, -0.25) is 10.3 Å². The molecule has 1 aromatic rings. The topological polar surface area (TPSA) is 96.2 Å². The summed E-state index contributed by atoms with van der Waals surface area (Å²) in [5.41, 5.74) is -0.0505. The van der Waals surface area contributed by atoms with Crippen molar-refractivity contribution >= 4 is 5.69 Å². The SMILES string of the molecule is COc1c(O)c([O-])c(C)c(N(C)O)c1O. The molecule has 84 valence electrons. The van der Waals surface area contributed by atoms with E-state index in [1.807, 2.05) is 0 Å². The lowest BCUT2D eigenvalue weighted by Gasteiger charge is -2.23. The van der Waals surface area contributed by atoms with E-state index in [1.54, 1.807) is 0 Å². The molecule has 1 aromatic carbocycles. The fraction of sp³-hybridized carbons (Fsp3) is 0.333. The van der Waals surface area contributed by atoms with Crippen LogP contribution in [0.4, 0.5) is 5.69 Å². The van der Waals surface area contributed by atoms with Gasteiger partial charge in [0, 0.05) is 7.05 Å². The van der Waals surface area contributed by atoms with Crippen molar-refractivity contribution in [2.75, 3.05) is 19.2 Å². The van der Waals surface area contributed by atoms with Crippen molar-refractivity contribution in [1.82, 2.24) is 0 Å². The van der Waals surface area contributed by atoms with Crippen LogP contribution < -0.4 is 14.9 Å². The molecule has 3 N–H and O–H groups in total. The minimum atomic E-state index is -0.694. The largest absolute Gasteiger partial charge is 0.870 e. The highest BCUT2D eigenvalue weighted by molar-refractivity contribution is 5.75. The summed E-state index contributed by atoms with van der Waals surface area (Å²) in [4.78, 5) is 0. The quantitative estimate of drug-likeness (QED) is 0.613. The Hall–Kier alpha value is -1.82. The Kier molecular flexibility index (Phi) is 2.81. The Bertz CT molecular complexity index is 389. The first-order valence-electron chi connectivity index (χ1n) is 4.13. The van der Waals surface area contributed by atoms with Crippen LogP contribution in [0.25, 0.3) is 0 Å². The van der Waals surface area contributed by atoms with Gasteiger partial charge in [0.25, 0.3) is 0 Å². The lowest BCUT2D eigenvalue weighted by Crippen LogP contribution is -2.13. The van der Waals surface area contributed by atoms with Crippen LogP contribution in [0.2, 0.25) is 0 Å². The zero-order chi connectivity index (χ0) is 11.7. The molecule has 0 aliphatic rings. The van der Waals surface area contributed by atoms with E-state index in [0.29, 0.717) is 5.06 Å². The van der Waals surface area contributed by atoms with E-state index >= 15 is 0 Å². The van der Waals surface area contributed by atoms with Gasteiger partial charge < -0.3 is 20.1 Å². The summed E-state index contributed by atoms with van der Waals surface area (Å²) in [6.45, 7) is 1.38. The van der Waals surface area contributed by atoms with Gasteiger partial charge in [-0.2, -0.15) is 0 Å². The standard InChI is InChI=1S/C9H13NO5/c1-4-5(10(2)14)7(12)9(15-3)8(13)6(4)11/h11-14H,1-3H3/p-1. The molecule has 15 heavy (non-hydrogen) atoms. The Balaban J connectivity index is 3.60. The molecule has 1 rings (SSSR count). The summed E-state index contributed by atoms with van der Waals surface area (Å²) < 4.78 is 4.66. The summed E-state index contributed by atoms with van der Waals surface area (Å²) >= 11 is 0. The zero-order valence-electron chi connectivity index (χ0n) is 8.61. The second kappa shape index (κ2) is 3.74. The number of aromatic hydroxyl groups is 2. The molecule has 0 amide bonds. The molecule has 0 atom stereocenters. The molecule has 0 saturated heterocycles. The predicted octanol–water partition coefficient (Wildman–Crippen LogP) is 0.314. The maximum absolute atomic E-state index is 11.4. The average molecular weight is 214 g/mol.